The van der Waals surface area contributed by atoms with E-state index in [1.54, 1.807) is 6.20 Å². The molecule has 0 saturated carbocycles. The van der Waals surface area contributed by atoms with Gasteiger partial charge in [0.05, 0.1) is 11.2 Å². The van der Waals surface area contributed by atoms with Crippen LogP contribution in [0.5, 0.6) is 0 Å². The summed E-state index contributed by atoms with van der Waals surface area (Å²) in [4.78, 5) is 4.31. The summed E-state index contributed by atoms with van der Waals surface area (Å²) < 4.78 is 0. The molecule has 0 saturated heterocycles. The zero-order chi connectivity index (χ0) is 12.3. The number of fused-ring (bicyclic) bond motifs is 1. The van der Waals surface area contributed by atoms with Crippen molar-refractivity contribution in [3.8, 4) is 0 Å². The van der Waals surface area contributed by atoms with Crippen LogP contribution >= 0.6 is 0 Å². The number of nitrogens with two attached hydrogens (primary N) is 1. The lowest BCUT2D eigenvalue weighted by molar-refractivity contribution is 0.815. The van der Waals surface area contributed by atoms with Crippen LogP contribution in [0.4, 0.5) is 11.4 Å². The van der Waals surface area contributed by atoms with Crippen LogP contribution in [0.15, 0.2) is 43.1 Å². The van der Waals surface area contributed by atoms with Crippen LogP contribution in [-0.4, -0.2) is 11.0 Å². The number of nitrogens with zero attached hydrogens (tertiary/aromatic N) is 1. The lowest BCUT2D eigenvalue weighted by atomic mass is 10.1. The molecule has 0 aliphatic rings. The fourth-order valence-corrected chi connectivity index (χ4v) is 1.89. The Morgan fingerprint density at radius 1 is 1.47 bits per heavy atom. The fourth-order valence-electron chi connectivity index (χ4n) is 1.89. The summed E-state index contributed by atoms with van der Waals surface area (Å²) in [5, 5.41) is 4.50. The van der Waals surface area contributed by atoms with Gasteiger partial charge in [-0.2, -0.15) is 0 Å². The molecule has 0 spiro atoms. The first-order valence-electron chi connectivity index (χ1n) is 5.73. The second-order valence-electron chi connectivity index (χ2n) is 4.17. The van der Waals surface area contributed by atoms with Crippen LogP contribution in [0.25, 0.3) is 10.9 Å². The summed E-state index contributed by atoms with van der Waals surface area (Å²) in [6, 6.07) is 8.18. The number of hydrogen-bond donors (Lipinski definition) is 2. The second kappa shape index (κ2) is 4.87. The van der Waals surface area contributed by atoms with Crippen molar-refractivity contribution >= 4 is 22.3 Å². The summed E-state index contributed by atoms with van der Waals surface area (Å²) in [6.45, 7) is 5.87. The summed E-state index contributed by atoms with van der Waals surface area (Å²) in [6.07, 6.45) is 4.59. The summed E-state index contributed by atoms with van der Waals surface area (Å²) in [5.41, 5.74) is 8.54. The van der Waals surface area contributed by atoms with Gasteiger partial charge in [0.15, 0.2) is 0 Å². The Labute approximate surface area is 101 Å². The monoisotopic (exact) mass is 227 g/mol. The maximum Gasteiger partial charge on any atom is 0.0951 e. The van der Waals surface area contributed by atoms with Gasteiger partial charge in [0.2, 0.25) is 0 Å². The zero-order valence-corrected chi connectivity index (χ0v) is 9.98. The van der Waals surface area contributed by atoms with Gasteiger partial charge in [-0.3, -0.25) is 4.98 Å². The molecule has 2 rings (SSSR count). The Kier molecular flexibility index (Phi) is 3.28. The molecule has 0 amide bonds. The van der Waals surface area contributed by atoms with E-state index in [4.69, 9.17) is 5.73 Å². The first-order valence-corrected chi connectivity index (χ1v) is 5.73. The Balaban J connectivity index is 2.41. The highest BCUT2D eigenvalue weighted by Gasteiger charge is 2.06. The zero-order valence-electron chi connectivity index (χ0n) is 9.98. The van der Waals surface area contributed by atoms with Gasteiger partial charge in [0, 0.05) is 23.3 Å². The number of aromatic nitrogens is 1. The predicted molar refractivity (Wildman–Crippen MR) is 74.1 cm³/mol. The molecule has 1 unspecified atom stereocenters. The van der Waals surface area contributed by atoms with Crippen LogP contribution in [-0.2, 0) is 0 Å². The lowest BCUT2D eigenvalue weighted by Gasteiger charge is -2.15. The maximum absolute atomic E-state index is 5.91. The van der Waals surface area contributed by atoms with E-state index in [1.165, 1.54) is 0 Å². The quantitative estimate of drug-likeness (QED) is 0.623. The van der Waals surface area contributed by atoms with Crippen molar-refractivity contribution in [2.24, 2.45) is 0 Å². The number of pyridine rings is 1. The first-order chi connectivity index (χ1) is 8.22. The standard InChI is InChI=1S/C14H17N3/c1-3-5-10(2)17-13-8-7-12(15)14-11(13)6-4-9-16-14/h3-4,6-10,17H,1,5,15H2,2H3. The highest BCUT2D eigenvalue weighted by Crippen LogP contribution is 2.27. The molecule has 0 bridgehead atoms. The Morgan fingerprint density at radius 2 is 2.29 bits per heavy atom. The van der Waals surface area contributed by atoms with Crippen molar-refractivity contribution < 1.29 is 0 Å². The van der Waals surface area contributed by atoms with Crippen LogP contribution in [0.1, 0.15) is 13.3 Å². The van der Waals surface area contributed by atoms with Crippen LogP contribution in [0.2, 0.25) is 0 Å². The Hall–Kier alpha value is -2.03. The summed E-state index contributed by atoms with van der Waals surface area (Å²) >= 11 is 0. The third-order valence-electron chi connectivity index (χ3n) is 2.72. The van der Waals surface area contributed by atoms with Gasteiger partial charge in [-0.1, -0.05) is 6.08 Å². The molecule has 88 valence electrons. The number of nitrogens with one attached hydrogen (secondary N) is 1. The van der Waals surface area contributed by atoms with Crippen LogP contribution in [0.3, 0.4) is 0 Å². The molecule has 1 aromatic carbocycles. The molecule has 0 fully saturated rings. The van der Waals surface area contributed by atoms with E-state index in [0.29, 0.717) is 11.7 Å². The average Bonchev–Trinajstić information content (AvgIpc) is 2.34. The van der Waals surface area contributed by atoms with E-state index >= 15 is 0 Å². The minimum atomic E-state index is 0.347. The highest BCUT2D eigenvalue weighted by atomic mass is 14.9. The first kappa shape index (κ1) is 11.5. The molecule has 0 aliphatic carbocycles. The van der Waals surface area contributed by atoms with Crippen molar-refractivity contribution in [3.05, 3.63) is 43.1 Å². The number of nitrogen functional groups attached to an aromatic ring is 1. The molecule has 3 N–H and O–H groups in total. The van der Waals surface area contributed by atoms with Gasteiger partial charge in [-0.25, -0.2) is 0 Å². The minimum Gasteiger partial charge on any atom is -0.397 e. The van der Waals surface area contributed by atoms with Gasteiger partial charge in [0.1, 0.15) is 0 Å². The van der Waals surface area contributed by atoms with E-state index in [-0.39, 0.29) is 0 Å². The molecule has 1 atom stereocenters. The van der Waals surface area contributed by atoms with Crippen LogP contribution in [0, 0.1) is 0 Å². The fraction of sp³-hybridized carbons (Fsp3) is 0.214. The minimum absolute atomic E-state index is 0.347. The van der Waals surface area contributed by atoms with Crippen molar-refractivity contribution in [1.82, 2.24) is 4.98 Å². The molecule has 17 heavy (non-hydrogen) atoms. The topological polar surface area (TPSA) is 50.9 Å². The molecule has 3 heteroatoms. The smallest absolute Gasteiger partial charge is 0.0951 e. The van der Waals surface area contributed by atoms with Crippen molar-refractivity contribution in [1.29, 1.82) is 0 Å². The molecule has 2 aromatic rings. The molecule has 1 aromatic heterocycles. The van der Waals surface area contributed by atoms with Crippen LogP contribution < -0.4 is 11.1 Å². The maximum atomic E-state index is 5.91. The van der Waals surface area contributed by atoms with Gasteiger partial charge < -0.3 is 11.1 Å². The van der Waals surface area contributed by atoms with E-state index in [0.717, 1.165) is 23.0 Å². The van der Waals surface area contributed by atoms with Gasteiger partial charge in [-0.15, -0.1) is 6.58 Å². The van der Waals surface area contributed by atoms with Gasteiger partial charge in [0.25, 0.3) is 0 Å². The third kappa shape index (κ3) is 2.38. The van der Waals surface area contributed by atoms with Gasteiger partial charge >= 0.3 is 0 Å². The normalized spacial score (nSPS) is 12.3. The molecular formula is C14H17N3. The van der Waals surface area contributed by atoms with E-state index in [9.17, 15) is 0 Å². The third-order valence-corrected chi connectivity index (χ3v) is 2.72. The number of benzene rings is 1. The average molecular weight is 227 g/mol. The second-order valence-corrected chi connectivity index (χ2v) is 4.17. The van der Waals surface area contributed by atoms with E-state index in [1.807, 2.05) is 30.3 Å². The summed E-state index contributed by atoms with van der Waals surface area (Å²) in [7, 11) is 0. The van der Waals surface area contributed by atoms with E-state index < -0.39 is 0 Å². The lowest BCUT2D eigenvalue weighted by Crippen LogP contribution is -2.14. The Morgan fingerprint density at radius 3 is 3.06 bits per heavy atom. The molecular weight excluding hydrogens is 210 g/mol. The predicted octanol–water partition coefficient (Wildman–Crippen LogP) is 3.19. The summed E-state index contributed by atoms with van der Waals surface area (Å²) in [5.74, 6) is 0. The van der Waals surface area contributed by atoms with Crippen molar-refractivity contribution in [2.75, 3.05) is 11.1 Å². The molecule has 0 aliphatic heterocycles. The SMILES string of the molecule is C=CCC(C)Nc1ccc(N)c2ncccc12. The van der Waals surface area contributed by atoms with Crippen molar-refractivity contribution in [3.63, 3.8) is 0 Å². The number of rotatable bonds is 4. The number of hydrogen-bond acceptors (Lipinski definition) is 3. The highest BCUT2D eigenvalue weighted by molar-refractivity contribution is 5.98. The molecule has 0 radical (unpaired) electrons. The Bertz CT molecular complexity index is 534. The van der Waals surface area contributed by atoms with Gasteiger partial charge in [-0.05, 0) is 37.6 Å². The van der Waals surface area contributed by atoms with E-state index in [2.05, 4.69) is 23.8 Å². The molecule has 3 nitrogen and oxygen atoms in total. The number of anilines is 2. The van der Waals surface area contributed by atoms with Crippen molar-refractivity contribution in [2.45, 2.75) is 19.4 Å². The molecule has 1 heterocycles. The largest absolute Gasteiger partial charge is 0.397 e.